The van der Waals surface area contributed by atoms with Gasteiger partial charge >= 0.3 is 0 Å². The van der Waals surface area contributed by atoms with Crippen LogP contribution in [0.1, 0.15) is 17.5 Å². The lowest BCUT2D eigenvalue weighted by molar-refractivity contribution is -0.128. The highest BCUT2D eigenvalue weighted by molar-refractivity contribution is 9.10. The third kappa shape index (κ3) is 4.21. The molecular formula is C23H24BrN3O3. The molecule has 0 radical (unpaired) electrons. The van der Waals surface area contributed by atoms with E-state index in [2.05, 4.69) is 26.2 Å². The Morgan fingerprint density at radius 2 is 2.13 bits per heavy atom. The monoisotopic (exact) mass is 469 g/mol. The average molecular weight is 470 g/mol. The molecule has 1 fully saturated rings. The van der Waals surface area contributed by atoms with Crippen LogP contribution in [0.4, 0.5) is 5.69 Å². The minimum absolute atomic E-state index is 0.0274. The summed E-state index contributed by atoms with van der Waals surface area (Å²) in [7, 11) is 1.65. The van der Waals surface area contributed by atoms with E-state index in [1.54, 1.807) is 12.0 Å². The molecular weight excluding hydrogens is 446 g/mol. The summed E-state index contributed by atoms with van der Waals surface area (Å²) in [4.78, 5) is 30.2. The molecule has 30 heavy (non-hydrogen) atoms. The fourth-order valence-corrected chi connectivity index (χ4v) is 4.12. The third-order valence-electron chi connectivity index (χ3n) is 5.64. The van der Waals surface area contributed by atoms with Crippen LogP contribution in [0.15, 0.2) is 47.1 Å². The van der Waals surface area contributed by atoms with E-state index >= 15 is 0 Å². The van der Waals surface area contributed by atoms with Crippen LogP contribution in [0.25, 0.3) is 10.9 Å². The number of anilines is 1. The van der Waals surface area contributed by atoms with Gasteiger partial charge in [0, 0.05) is 46.8 Å². The Kier molecular flexibility index (Phi) is 5.81. The number of H-pyrrole nitrogens is 1. The Balaban J connectivity index is 1.38. The zero-order chi connectivity index (χ0) is 21.3. The predicted octanol–water partition coefficient (Wildman–Crippen LogP) is 4.28. The summed E-state index contributed by atoms with van der Waals surface area (Å²) in [5, 5.41) is 4.04. The van der Waals surface area contributed by atoms with Crippen molar-refractivity contribution in [3.05, 3.63) is 58.2 Å². The Morgan fingerprint density at radius 1 is 1.30 bits per heavy atom. The Bertz CT molecular complexity index is 1110. The highest BCUT2D eigenvalue weighted by atomic mass is 79.9. The number of benzene rings is 2. The molecule has 156 valence electrons. The molecule has 2 aromatic carbocycles. The van der Waals surface area contributed by atoms with Crippen LogP contribution < -0.4 is 10.1 Å². The zero-order valence-corrected chi connectivity index (χ0v) is 18.6. The van der Waals surface area contributed by atoms with E-state index in [0.29, 0.717) is 13.1 Å². The number of nitrogens with one attached hydrogen (secondary N) is 2. The molecule has 6 nitrogen and oxygen atoms in total. The number of halogens is 1. The second-order valence-corrected chi connectivity index (χ2v) is 8.52. The Morgan fingerprint density at radius 3 is 2.90 bits per heavy atom. The van der Waals surface area contributed by atoms with Crippen molar-refractivity contribution < 1.29 is 14.3 Å². The van der Waals surface area contributed by atoms with Crippen LogP contribution in [-0.2, 0) is 16.0 Å². The van der Waals surface area contributed by atoms with Gasteiger partial charge in [-0.3, -0.25) is 9.59 Å². The van der Waals surface area contributed by atoms with Crippen molar-refractivity contribution in [3.63, 3.8) is 0 Å². The van der Waals surface area contributed by atoms with Gasteiger partial charge in [-0.05, 0) is 60.9 Å². The number of rotatable bonds is 6. The van der Waals surface area contributed by atoms with Gasteiger partial charge in [0.15, 0.2) is 0 Å². The molecule has 4 rings (SSSR count). The summed E-state index contributed by atoms with van der Waals surface area (Å²) in [6.07, 6.45) is 2.95. The number of aryl methyl sites for hydroxylation is 1. The fourth-order valence-electron chi connectivity index (χ4n) is 3.88. The molecule has 1 atom stereocenters. The lowest BCUT2D eigenvalue weighted by atomic mass is 10.1. The number of aromatic nitrogens is 1. The lowest BCUT2D eigenvalue weighted by Crippen LogP contribution is -2.30. The number of carbonyl (C=O) groups excluding carboxylic acids is 2. The molecule has 1 aliphatic heterocycles. The van der Waals surface area contributed by atoms with Crippen LogP contribution >= 0.6 is 15.9 Å². The number of aromatic amines is 1. The van der Waals surface area contributed by atoms with E-state index in [1.807, 2.05) is 49.5 Å². The summed E-state index contributed by atoms with van der Waals surface area (Å²) in [6.45, 7) is 3.01. The highest BCUT2D eigenvalue weighted by Crippen LogP contribution is 2.26. The average Bonchev–Trinajstić information content (AvgIpc) is 3.31. The molecule has 1 aliphatic rings. The molecule has 2 N–H and O–H groups in total. The summed E-state index contributed by atoms with van der Waals surface area (Å²) in [5.41, 5.74) is 3.97. The summed E-state index contributed by atoms with van der Waals surface area (Å²) < 4.78 is 6.32. The molecule has 1 saturated heterocycles. The van der Waals surface area contributed by atoms with Gasteiger partial charge in [0.2, 0.25) is 11.8 Å². The third-order valence-corrected chi connectivity index (χ3v) is 6.53. The molecule has 3 aromatic rings. The highest BCUT2D eigenvalue weighted by Gasteiger charge is 2.34. The van der Waals surface area contributed by atoms with Crippen LogP contribution in [0.3, 0.4) is 0 Å². The molecule has 1 aromatic heterocycles. The first-order valence-electron chi connectivity index (χ1n) is 9.93. The zero-order valence-electron chi connectivity index (χ0n) is 17.0. The molecule has 0 spiro atoms. The first kappa shape index (κ1) is 20.5. The van der Waals surface area contributed by atoms with Gasteiger partial charge in [0.1, 0.15) is 5.75 Å². The van der Waals surface area contributed by atoms with Crippen molar-refractivity contribution in [2.24, 2.45) is 5.92 Å². The SMILES string of the molecule is COc1ccc2[nH]cc(CCN3C[C@@H](C(=O)Nc4ccc(Br)c(C)c4)CC3=O)c2c1. The van der Waals surface area contributed by atoms with Gasteiger partial charge in [-0.25, -0.2) is 0 Å². The number of likely N-dealkylation sites (tertiary alicyclic amines) is 1. The van der Waals surface area contributed by atoms with E-state index in [-0.39, 0.29) is 24.2 Å². The number of ether oxygens (including phenoxy) is 1. The first-order chi connectivity index (χ1) is 14.4. The maximum absolute atomic E-state index is 12.7. The maximum Gasteiger partial charge on any atom is 0.229 e. The van der Waals surface area contributed by atoms with E-state index in [0.717, 1.165) is 44.4 Å². The number of hydrogen-bond acceptors (Lipinski definition) is 3. The van der Waals surface area contributed by atoms with Crippen molar-refractivity contribution in [2.75, 3.05) is 25.5 Å². The topological polar surface area (TPSA) is 74.4 Å². The normalized spacial score (nSPS) is 16.3. The molecule has 7 heteroatoms. The van der Waals surface area contributed by atoms with Crippen LogP contribution in [0.5, 0.6) is 5.75 Å². The van der Waals surface area contributed by atoms with Crippen molar-refractivity contribution in [1.82, 2.24) is 9.88 Å². The van der Waals surface area contributed by atoms with Gasteiger partial charge in [-0.15, -0.1) is 0 Å². The summed E-state index contributed by atoms with van der Waals surface area (Å²) >= 11 is 3.46. The quantitative estimate of drug-likeness (QED) is 0.565. The first-order valence-corrected chi connectivity index (χ1v) is 10.7. The molecule has 2 amide bonds. The van der Waals surface area contributed by atoms with Gasteiger partial charge in [-0.2, -0.15) is 0 Å². The standard InChI is InChI=1S/C23H24BrN3O3/c1-14-9-17(3-5-20(14)24)26-23(29)16-10-22(28)27(13-16)8-7-15-12-25-21-6-4-18(30-2)11-19(15)21/h3-6,9,11-12,16,25H,7-8,10,13H2,1-2H3,(H,26,29)/t16-/m0/s1. The van der Waals surface area contributed by atoms with Gasteiger partial charge in [0.05, 0.1) is 13.0 Å². The number of hydrogen-bond donors (Lipinski definition) is 2. The van der Waals surface area contributed by atoms with Crippen molar-refractivity contribution in [2.45, 2.75) is 19.8 Å². The molecule has 2 heterocycles. The number of fused-ring (bicyclic) bond motifs is 1. The number of carbonyl (C=O) groups is 2. The van der Waals surface area contributed by atoms with Gasteiger partial charge in [-0.1, -0.05) is 15.9 Å². The molecule has 0 aliphatic carbocycles. The summed E-state index contributed by atoms with van der Waals surface area (Å²) in [6, 6.07) is 11.6. The molecule has 0 saturated carbocycles. The van der Waals surface area contributed by atoms with E-state index in [9.17, 15) is 9.59 Å². The van der Waals surface area contributed by atoms with E-state index < -0.39 is 0 Å². The molecule has 0 bridgehead atoms. The predicted molar refractivity (Wildman–Crippen MR) is 121 cm³/mol. The second-order valence-electron chi connectivity index (χ2n) is 7.67. The van der Waals surface area contributed by atoms with Crippen LogP contribution in [0, 0.1) is 12.8 Å². The lowest BCUT2D eigenvalue weighted by Gasteiger charge is -2.16. The number of amides is 2. The van der Waals surface area contributed by atoms with Crippen molar-refractivity contribution >= 4 is 44.3 Å². The van der Waals surface area contributed by atoms with Crippen LogP contribution in [0.2, 0.25) is 0 Å². The minimum atomic E-state index is -0.329. The summed E-state index contributed by atoms with van der Waals surface area (Å²) in [5.74, 6) is 0.397. The van der Waals surface area contributed by atoms with Crippen molar-refractivity contribution in [3.8, 4) is 5.75 Å². The Labute approximate surface area is 183 Å². The van der Waals surface area contributed by atoms with Gasteiger partial charge < -0.3 is 19.9 Å². The second kappa shape index (κ2) is 8.52. The number of nitrogens with zero attached hydrogens (tertiary/aromatic N) is 1. The Hall–Kier alpha value is -2.80. The largest absolute Gasteiger partial charge is 0.497 e. The maximum atomic E-state index is 12.7. The molecule has 0 unspecified atom stereocenters. The van der Waals surface area contributed by atoms with Gasteiger partial charge in [0.25, 0.3) is 0 Å². The van der Waals surface area contributed by atoms with Crippen molar-refractivity contribution in [1.29, 1.82) is 0 Å². The smallest absolute Gasteiger partial charge is 0.229 e. The number of methoxy groups -OCH3 is 1. The minimum Gasteiger partial charge on any atom is -0.497 e. The fraction of sp³-hybridized carbons (Fsp3) is 0.304. The van der Waals surface area contributed by atoms with E-state index in [4.69, 9.17) is 4.74 Å². The van der Waals surface area contributed by atoms with E-state index in [1.165, 1.54) is 0 Å². The van der Waals surface area contributed by atoms with Crippen LogP contribution in [-0.4, -0.2) is 41.9 Å².